The molecule has 0 bridgehead atoms. The van der Waals surface area contributed by atoms with Gasteiger partial charge in [0.05, 0.1) is 11.4 Å². The van der Waals surface area contributed by atoms with Gasteiger partial charge < -0.3 is 10.0 Å². The van der Waals surface area contributed by atoms with Crippen LogP contribution in [-0.4, -0.2) is 39.5 Å². The fourth-order valence-electron chi connectivity index (χ4n) is 1.40. The first-order chi connectivity index (χ1) is 7.74. The van der Waals surface area contributed by atoms with Crippen molar-refractivity contribution in [3.8, 4) is 0 Å². The van der Waals surface area contributed by atoms with Gasteiger partial charge in [-0.05, 0) is 20.8 Å². The zero-order chi connectivity index (χ0) is 13.2. The van der Waals surface area contributed by atoms with Crippen LogP contribution in [0.1, 0.15) is 35.8 Å². The van der Waals surface area contributed by atoms with E-state index >= 15 is 0 Å². The Morgan fingerprint density at radius 1 is 1.53 bits per heavy atom. The molecule has 0 aliphatic heterocycles. The number of hydrogen-bond acceptors (Lipinski definition) is 4. The maximum absolute atomic E-state index is 12.1. The lowest BCUT2D eigenvalue weighted by Gasteiger charge is -2.33. The van der Waals surface area contributed by atoms with Gasteiger partial charge in [-0.3, -0.25) is 9.59 Å². The fourth-order valence-corrected chi connectivity index (χ4v) is 1.98. The molecule has 0 spiro atoms. The number of carboxylic acid groups (broad SMARTS) is 1. The number of rotatable bonds is 4. The summed E-state index contributed by atoms with van der Waals surface area (Å²) in [6.45, 7) is 5.26. The molecule has 0 aliphatic carbocycles. The van der Waals surface area contributed by atoms with E-state index in [-0.39, 0.29) is 12.3 Å². The van der Waals surface area contributed by atoms with Crippen LogP contribution < -0.4 is 0 Å². The van der Waals surface area contributed by atoms with Crippen molar-refractivity contribution in [2.24, 2.45) is 0 Å². The van der Waals surface area contributed by atoms with Gasteiger partial charge in [0.15, 0.2) is 0 Å². The molecular weight excluding hydrogens is 240 g/mol. The molecule has 6 heteroatoms. The molecule has 5 nitrogen and oxygen atoms in total. The summed E-state index contributed by atoms with van der Waals surface area (Å²) in [5.41, 5.74) is -0.367. The Hall–Kier alpha value is -1.43. The number of carbonyl (C=O) groups is 2. The Morgan fingerprint density at radius 3 is 2.53 bits per heavy atom. The highest BCUT2D eigenvalue weighted by atomic mass is 32.1. The molecule has 0 atom stereocenters. The molecule has 0 unspecified atom stereocenters. The number of carbonyl (C=O) groups excluding carboxylic acids is 1. The van der Waals surface area contributed by atoms with Crippen molar-refractivity contribution >= 4 is 23.2 Å². The van der Waals surface area contributed by atoms with Gasteiger partial charge >= 0.3 is 5.97 Å². The standard InChI is InChI=1S/C11H16N2O3S/c1-7-12-8(6-17-7)10(16)13(4)11(2,3)5-9(14)15/h6H,5H2,1-4H3,(H,14,15). The summed E-state index contributed by atoms with van der Waals surface area (Å²) >= 11 is 1.40. The van der Waals surface area contributed by atoms with E-state index in [0.717, 1.165) is 5.01 Å². The number of carboxylic acids is 1. The SMILES string of the molecule is Cc1nc(C(=O)N(C)C(C)(C)CC(=O)O)cs1. The minimum atomic E-state index is -0.927. The highest BCUT2D eigenvalue weighted by Crippen LogP contribution is 2.20. The highest BCUT2D eigenvalue weighted by Gasteiger charge is 2.31. The zero-order valence-corrected chi connectivity index (χ0v) is 11.2. The number of thiazole rings is 1. The summed E-state index contributed by atoms with van der Waals surface area (Å²) in [6.07, 6.45) is -0.0988. The van der Waals surface area contributed by atoms with Gasteiger partial charge in [0.2, 0.25) is 0 Å². The van der Waals surface area contributed by atoms with Crippen LogP contribution in [0.3, 0.4) is 0 Å². The van der Waals surface area contributed by atoms with Gasteiger partial charge in [0, 0.05) is 18.0 Å². The van der Waals surface area contributed by atoms with E-state index in [4.69, 9.17) is 5.11 Å². The molecule has 0 fully saturated rings. The van der Waals surface area contributed by atoms with E-state index in [9.17, 15) is 9.59 Å². The second kappa shape index (κ2) is 4.83. The lowest BCUT2D eigenvalue weighted by atomic mass is 9.98. The highest BCUT2D eigenvalue weighted by molar-refractivity contribution is 7.09. The van der Waals surface area contributed by atoms with Gasteiger partial charge in [-0.2, -0.15) is 0 Å². The molecule has 1 N–H and O–H groups in total. The van der Waals surface area contributed by atoms with Crippen LogP contribution in [-0.2, 0) is 4.79 Å². The van der Waals surface area contributed by atoms with Gasteiger partial charge in [0.25, 0.3) is 5.91 Å². The van der Waals surface area contributed by atoms with Crippen molar-refractivity contribution < 1.29 is 14.7 Å². The second-order valence-electron chi connectivity index (χ2n) is 4.50. The predicted molar refractivity (Wildman–Crippen MR) is 65.3 cm³/mol. The molecule has 0 saturated heterocycles. The quantitative estimate of drug-likeness (QED) is 0.891. The van der Waals surface area contributed by atoms with E-state index in [1.807, 2.05) is 6.92 Å². The maximum atomic E-state index is 12.1. The number of aromatic nitrogens is 1. The lowest BCUT2D eigenvalue weighted by Crippen LogP contribution is -2.46. The van der Waals surface area contributed by atoms with Crippen molar-refractivity contribution in [3.05, 3.63) is 16.1 Å². The van der Waals surface area contributed by atoms with Crippen LogP contribution in [0.5, 0.6) is 0 Å². The minimum absolute atomic E-state index is 0.0988. The Balaban J connectivity index is 2.86. The van der Waals surface area contributed by atoms with Crippen molar-refractivity contribution in [1.29, 1.82) is 0 Å². The largest absolute Gasteiger partial charge is 0.481 e. The zero-order valence-electron chi connectivity index (χ0n) is 10.4. The van der Waals surface area contributed by atoms with E-state index in [2.05, 4.69) is 4.98 Å². The molecule has 94 valence electrons. The van der Waals surface area contributed by atoms with Crippen LogP contribution >= 0.6 is 11.3 Å². The molecule has 17 heavy (non-hydrogen) atoms. The first kappa shape index (κ1) is 13.6. The minimum Gasteiger partial charge on any atom is -0.481 e. The average Bonchev–Trinajstić information content (AvgIpc) is 2.60. The van der Waals surface area contributed by atoms with Crippen molar-refractivity contribution in [3.63, 3.8) is 0 Å². The molecule has 0 aromatic carbocycles. The second-order valence-corrected chi connectivity index (χ2v) is 5.56. The van der Waals surface area contributed by atoms with Crippen LogP contribution in [0.25, 0.3) is 0 Å². The maximum Gasteiger partial charge on any atom is 0.305 e. The number of amides is 1. The van der Waals surface area contributed by atoms with E-state index in [0.29, 0.717) is 5.69 Å². The van der Waals surface area contributed by atoms with Gasteiger partial charge in [0.1, 0.15) is 5.69 Å². The lowest BCUT2D eigenvalue weighted by molar-refractivity contribution is -0.139. The van der Waals surface area contributed by atoms with Gasteiger partial charge in [-0.25, -0.2) is 4.98 Å². The Bertz CT molecular complexity index is 440. The topological polar surface area (TPSA) is 70.5 Å². The Kier molecular flexibility index (Phi) is 3.87. The number of nitrogens with zero attached hydrogens (tertiary/aromatic N) is 2. The molecule has 1 aromatic rings. The number of aliphatic carboxylic acids is 1. The Morgan fingerprint density at radius 2 is 2.12 bits per heavy atom. The third-order valence-electron chi connectivity index (χ3n) is 2.63. The first-order valence-electron chi connectivity index (χ1n) is 5.16. The van der Waals surface area contributed by atoms with Crippen molar-refractivity contribution in [1.82, 2.24) is 9.88 Å². The number of hydrogen-bond donors (Lipinski definition) is 1. The van der Waals surface area contributed by atoms with Crippen LogP contribution in [0.15, 0.2) is 5.38 Å². The summed E-state index contributed by atoms with van der Waals surface area (Å²) < 4.78 is 0. The van der Waals surface area contributed by atoms with E-state index in [1.165, 1.54) is 16.2 Å². The van der Waals surface area contributed by atoms with Crippen molar-refractivity contribution in [2.45, 2.75) is 32.7 Å². The molecule has 1 heterocycles. The summed E-state index contributed by atoms with van der Waals surface area (Å²) in [5.74, 6) is -1.18. The van der Waals surface area contributed by atoms with Crippen molar-refractivity contribution in [2.75, 3.05) is 7.05 Å². The summed E-state index contributed by atoms with van der Waals surface area (Å²) in [7, 11) is 1.60. The third kappa shape index (κ3) is 3.26. The first-order valence-corrected chi connectivity index (χ1v) is 6.04. The molecule has 0 radical (unpaired) electrons. The molecule has 1 aromatic heterocycles. The normalized spacial score (nSPS) is 11.3. The van der Waals surface area contributed by atoms with Crippen LogP contribution in [0, 0.1) is 6.92 Å². The average molecular weight is 256 g/mol. The van der Waals surface area contributed by atoms with Crippen LogP contribution in [0.2, 0.25) is 0 Å². The summed E-state index contributed by atoms with van der Waals surface area (Å²) in [5, 5.41) is 11.3. The van der Waals surface area contributed by atoms with Gasteiger partial charge in [-0.1, -0.05) is 0 Å². The van der Waals surface area contributed by atoms with E-state index < -0.39 is 11.5 Å². The molecule has 1 rings (SSSR count). The monoisotopic (exact) mass is 256 g/mol. The molecule has 0 saturated carbocycles. The van der Waals surface area contributed by atoms with Crippen LogP contribution in [0.4, 0.5) is 0 Å². The number of aryl methyl sites for hydroxylation is 1. The molecule has 0 aliphatic rings. The van der Waals surface area contributed by atoms with Gasteiger partial charge in [-0.15, -0.1) is 11.3 Å². The molecule has 1 amide bonds. The smallest absolute Gasteiger partial charge is 0.305 e. The predicted octanol–water partition coefficient (Wildman–Crippen LogP) is 1.78. The van der Waals surface area contributed by atoms with E-state index in [1.54, 1.807) is 26.3 Å². The summed E-state index contributed by atoms with van der Waals surface area (Å²) in [4.78, 5) is 28.3. The third-order valence-corrected chi connectivity index (χ3v) is 3.41. The Labute approximate surface area is 104 Å². The fraction of sp³-hybridized carbons (Fsp3) is 0.545. The summed E-state index contributed by atoms with van der Waals surface area (Å²) in [6, 6.07) is 0. The molecular formula is C11H16N2O3S.